The summed E-state index contributed by atoms with van der Waals surface area (Å²) in [6.45, 7) is 8.27. The topological polar surface area (TPSA) is 29.9 Å². The minimum atomic E-state index is 0.335. The molecule has 1 aromatic carbocycles. The second-order valence-electron chi connectivity index (χ2n) is 5.03. The van der Waals surface area contributed by atoms with E-state index in [0.717, 1.165) is 24.0 Å². The van der Waals surface area contributed by atoms with Gasteiger partial charge >= 0.3 is 0 Å². The molecule has 0 spiro atoms. The van der Waals surface area contributed by atoms with Gasteiger partial charge in [0.1, 0.15) is 0 Å². The van der Waals surface area contributed by atoms with E-state index in [1.54, 1.807) is 0 Å². The Morgan fingerprint density at radius 3 is 2.75 bits per heavy atom. The van der Waals surface area contributed by atoms with E-state index < -0.39 is 0 Å². The molecule has 0 aliphatic carbocycles. The highest BCUT2D eigenvalue weighted by Gasteiger charge is 2.13. The minimum absolute atomic E-state index is 0.335. The lowest BCUT2D eigenvalue weighted by Gasteiger charge is -2.18. The molecule has 2 aromatic rings. The number of aryl methyl sites for hydroxylation is 2. The summed E-state index contributed by atoms with van der Waals surface area (Å²) in [6, 6.07) is 6.90. The average Bonchev–Trinajstić information content (AvgIpc) is 2.89. The zero-order valence-corrected chi connectivity index (χ0v) is 13.9. The van der Waals surface area contributed by atoms with Crippen LogP contribution < -0.4 is 5.32 Å². The van der Waals surface area contributed by atoms with E-state index >= 15 is 0 Å². The van der Waals surface area contributed by atoms with E-state index in [1.165, 1.54) is 16.7 Å². The summed E-state index contributed by atoms with van der Waals surface area (Å²) in [4.78, 5) is 0. The van der Waals surface area contributed by atoms with Gasteiger partial charge in [0.2, 0.25) is 0 Å². The molecule has 2 rings (SSSR count). The van der Waals surface area contributed by atoms with Crippen LogP contribution in [-0.2, 0) is 13.0 Å². The lowest BCUT2D eigenvalue weighted by molar-refractivity contribution is 0.549. The van der Waals surface area contributed by atoms with Gasteiger partial charge in [0.15, 0.2) is 0 Å². The van der Waals surface area contributed by atoms with E-state index in [4.69, 9.17) is 0 Å². The molecule has 20 heavy (non-hydrogen) atoms. The Morgan fingerprint density at radius 1 is 1.35 bits per heavy atom. The second-order valence-corrected chi connectivity index (χ2v) is 5.88. The van der Waals surface area contributed by atoms with Crippen molar-refractivity contribution in [3.05, 3.63) is 51.8 Å². The van der Waals surface area contributed by atoms with Crippen LogP contribution in [-0.4, -0.2) is 16.3 Å². The fourth-order valence-electron chi connectivity index (χ4n) is 2.36. The SMILES string of the molecule is CCNC(Cc1cnn(CC)c1)c1ccc(Br)c(C)c1. The number of halogens is 1. The van der Waals surface area contributed by atoms with Gasteiger partial charge in [-0.3, -0.25) is 4.68 Å². The number of hydrogen-bond donors (Lipinski definition) is 1. The smallest absolute Gasteiger partial charge is 0.0522 e. The molecule has 0 amide bonds. The monoisotopic (exact) mass is 335 g/mol. The Kier molecular flexibility index (Phi) is 5.38. The fourth-order valence-corrected chi connectivity index (χ4v) is 2.61. The summed E-state index contributed by atoms with van der Waals surface area (Å²) < 4.78 is 3.14. The van der Waals surface area contributed by atoms with E-state index in [-0.39, 0.29) is 0 Å². The molecule has 1 heterocycles. The Labute approximate surface area is 129 Å². The van der Waals surface area contributed by atoms with Gasteiger partial charge in [0.05, 0.1) is 6.20 Å². The van der Waals surface area contributed by atoms with Crippen molar-refractivity contribution in [2.45, 2.75) is 39.8 Å². The molecular formula is C16H22BrN3. The van der Waals surface area contributed by atoms with E-state index in [9.17, 15) is 0 Å². The molecule has 4 heteroatoms. The van der Waals surface area contributed by atoms with Crippen molar-refractivity contribution in [3.63, 3.8) is 0 Å². The third-order valence-electron chi connectivity index (χ3n) is 3.49. The molecule has 0 aliphatic rings. The molecule has 1 N–H and O–H groups in total. The third-order valence-corrected chi connectivity index (χ3v) is 4.38. The first-order valence-corrected chi connectivity index (χ1v) is 7.94. The first kappa shape index (κ1) is 15.3. The van der Waals surface area contributed by atoms with Crippen LogP contribution in [0.2, 0.25) is 0 Å². The first-order valence-electron chi connectivity index (χ1n) is 7.14. The summed E-state index contributed by atoms with van der Waals surface area (Å²) in [6.07, 6.45) is 5.07. The Bertz CT molecular complexity index is 563. The van der Waals surface area contributed by atoms with Gasteiger partial charge in [-0.15, -0.1) is 0 Å². The average molecular weight is 336 g/mol. The number of rotatable bonds is 6. The maximum atomic E-state index is 4.35. The van der Waals surface area contributed by atoms with Crippen molar-refractivity contribution in [3.8, 4) is 0 Å². The number of benzene rings is 1. The predicted molar refractivity (Wildman–Crippen MR) is 86.9 cm³/mol. The number of nitrogens with one attached hydrogen (secondary N) is 1. The number of nitrogens with zero attached hydrogens (tertiary/aromatic N) is 2. The molecule has 0 bridgehead atoms. The zero-order valence-electron chi connectivity index (χ0n) is 12.4. The third kappa shape index (κ3) is 3.70. The van der Waals surface area contributed by atoms with Crippen molar-refractivity contribution in [2.24, 2.45) is 0 Å². The van der Waals surface area contributed by atoms with Crippen LogP contribution in [0.4, 0.5) is 0 Å². The predicted octanol–water partition coefficient (Wildman–Crippen LogP) is 3.87. The van der Waals surface area contributed by atoms with Crippen molar-refractivity contribution in [1.82, 2.24) is 15.1 Å². The molecule has 0 radical (unpaired) electrons. The quantitative estimate of drug-likeness (QED) is 0.868. The van der Waals surface area contributed by atoms with Crippen LogP contribution in [0.1, 0.15) is 36.6 Å². The maximum absolute atomic E-state index is 4.35. The van der Waals surface area contributed by atoms with Gasteiger partial charge in [-0.1, -0.05) is 35.0 Å². The van der Waals surface area contributed by atoms with E-state index in [2.05, 4.69) is 71.5 Å². The van der Waals surface area contributed by atoms with Crippen molar-refractivity contribution >= 4 is 15.9 Å². The van der Waals surface area contributed by atoms with Crippen LogP contribution in [0.3, 0.4) is 0 Å². The summed E-state index contributed by atoms with van der Waals surface area (Å²) >= 11 is 3.56. The van der Waals surface area contributed by atoms with Crippen LogP contribution >= 0.6 is 15.9 Å². The second kappa shape index (κ2) is 7.04. The molecule has 1 aromatic heterocycles. The van der Waals surface area contributed by atoms with Gasteiger partial charge in [0, 0.05) is 23.3 Å². The number of hydrogen-bond acceptors (Lipinski definition) is 2. The van der Waals surface area contributed by atoms with Crippen molar-refractivity contribution in [2.75, 3.05) is 6.54 Å². The first-order chi connectivity index (χ1) is 9.63. The summed E-state index contributed by atoms with van der Waals surface area (Å²) in [5, 5.41) is 7.92. The highest BCUT2D eigenvalue weighted by molar-refractivity contribution is 9.10. The largest absolute Gasteiger partial charge is 0.310 e. The van der Waals surface area contributed by atoms with E-state index in [0.29, 0.717) is 6.04 Å². The van der Waals surface area contributed by atoms with Gasteiger partial charge < -0.3 is 5.32 Å². The van der Waals surface area contributed by atoms with Crippen LogP contribution in [0.5, 0.6) is 0 Å². The van der Waals surface area contributed by atoms with Crippen molar-refractivity contribution < 1.29 is 0 Å². The summed E-state index contributed by atoms with van der Waals surface area (Å²) in [5.41, 5.74) is 3.88. The fraction of sp³-hybridized carbons (Fsp3) is 0.438. The Balaban J connectivity index is 2.19. The lowest BCUT2D eigenvalue weighted by Crippen LogP contribution is -2.23. The van der Waals surface area contributed by atoms with Crippen LogP contribution in [0, 0.1) is 6.92 Å². The highest BCUT2D eigenvalue weighted by Crippen LogP contribution is 2.23. The standard InChI is InChI=1S/C16H22BrN3/c1-4-18-16(9-13-10-19-20(5-2)11-13)14-6-7-15(17)12(3)8-14/h6-8,10-11,16,18H,4-5,9H2,1-3H3. The molecule has 1 atom stereocenters. The number of aromatic nitrogens is 2. The normalized spacial score (nSPS) is 12.6. The van der Waals surface area contributed by atoms with Gasteiger partial charge in [-0.2, -0.15) is 5.10 Å². The van der Waals surface area contributed by atoms with Gasteiger partial charge in [0.25, 0.3) is 0 Å². The van der Waals surface area contributed by atoms with Gasteiger partial charge in [-0.25, -0.2) is 0 Å². The molecule has 0 saturated heterocycles. The maximum Gasteiger partial charge on any atom is 0.0522 e. The van der Waals surface area contributed by atoms with Gasteiger partial charge in [-0.05, 0) is 49.6 Å². The molecular weight excluding hydrogens is 314 g/mol. The van der Waals surface area contributed by atoms with Crippen LogP contribution in [0.25, 0.3) is 0 Å². The summed E-state index contributed by atoms with van der Waals surface area (Å²) in [5.74, 6) is 0. The molecule has 108 valence electrons. The Hall–Kier alpha value is -1.13. The van der Waals surface area contributed by atoms with Crippen molar-refractivity contribution in [1.29, 1.82) is 0 Å². The zero-order chi connectivity index (χ0) is 14.5. The molecule has 1 unspecified atom stereocenters. The molecule has 0 saturated carbocycles. The Morgan fingerprint density at radius 2 is 2.15 bits per heavy atom. The molecule has 0 aliphatic heterocycles. The molecule has 3 nitrogen and oxygen atoms in total. The highest BCUT2D eigenvalue weighted by atomic mass is 79.9. The number of likely N-dealkylation sites (N-methyl/N-ethyl adjacent to an activating group) is 1. The summed E-state index contributed by atoms with van der Waals surface area (Å²) in [7, 11) is 0. The molecule has 0 fully saturated rings. The van der Waals surface area contributed by atoms with Crippen LogP contribution in [0.15, 0.2) is 35.1 Å². The van der Waals surface area contributed by atoms with E-state index in [1.807, 2.05) is 10.9 Å². The minimum Gasteiger partial charge on any atom is -0.310 e. The lowest BCUT2D eigenvalue weighted by atomic mass is 9.99.